The van der Waals surface area contributed by atoms with Crippen LogP contribution in [0.15, 0.2) is 0 Å². The zero-order chi connectivity index (χ0) is 10.6. The maximum atomic E-state index is 11.8. The van der Waals surface area contributed by atoms with Crippen LogP contribution in [0.5, 0.6) is 0 Å². The molecule has 0 aromatic heterocycles. The molecule has 1 unspecified atom stereocenters. The molecule has 1 rings (SSSR count). The Kier molecular flexibility index (Phi) is 4.75. The predicted octanol–water partition coefficient (Wildman–Crippen LogP) is 1.08. The topological polar surface area (TPSA) is 46.3 Å². The lowest BCUT2D eigenvalue weighted by Crippen LogP contribution is -2.48. The third kappa shape index (κ3) is 2.89. The van der Waals surface area contributed by atoms with Crippen molar-refractivity contribution in [1.82, 2.24) is 4.90 Å². The summed E-state index contributed by atoms with van der Waals surface area (Å²) in [6, 6.07) is 0.0734. The van der Waals surface area contributed by atoms with Crippen LogP contribution in [0.3, 0.4) is 0 Å². The third-order valence-corrected chi connectivity index (χ3v) is 3.69. The van der Waals surface area contributed by atoms with E-state index in [1.54, 1.807) is 6.92 Å². The Morgan fingerprint density at radius 1 is 1.57 bits per heavy atom. The van der Waals surface area contributed by atoms with E-state index < -0.39 is 0 Å². The number of carbonyl (C=O) groups excluding carboxylic acids is 1. The van der Waals surface area contributed by atoms with E-state index in [1.807, 2.05) is 23.6 Å². The van der Waals surface area contributed by atoms with Gasteiger partial charge in [0.2, 0.25) is 5.91 Å². The van der Waals surface area contributed by atoms with Gasteiger partial charge in [-0.2, -0.15) is 11.8 Å². The fourth-order valence-corrected chi connectivity index (χ4v) is 2.93. The molecule has 0 radical (unpaired) electrons. The number of amides is 1. The molecule has 1 amide bonds. The van der Waals surface area contributed by atoms with Crippen LogP contribution in [0.1, 0.15) is 26.7 Å². The molecule has 4 heteroatoms. The van der Waals surface area contributed by atoms with Crippen molar-refractivity contribution in [2.45, 2.75) is 38.8 Å². The molecule has 1 atom stereocenters. The van der Waals surface area contributed by atoms with Gasteiger partial charge in [-0.15, -0.1) is 0 Å². The van der Waals surface area contributed by atoms with Crippen molar-refractivity contribution in [3.63, 3.8) is 0 Å². The quantitative estimate of drug-likeness (QED) is 0.768. The molecule has 0 spiro atoms. The summed E-state index contributed by atoms with van der Waals surface area (Å²) in [5.74, 6) is 2.45. The van der Waals surface area contributed by atoms with Crippen LogP contribution >= 0.6 is 11.8 Å². The maximum absolute atomic E-state index is 11.8. The second kappa shape index (κ2) is 5.61. The van der Waals surface area contributed by atoms with E-state index in [-0.39, 0.29) is 11.9 Å². The highest BCUT2D eigenvalue weighted by molar-refractivity contribution is 7.99. The Morgan fingerprint density at radius 2 is 2.14 bits per heavy atom. The second-order valence-corrected chi connectivity index (χ2v) is 4.98. The first kappa shape index (κ1) is 11.9. The molecular weight excluding hydrogens is 196 g/mol. The molecule has 3 nitrogen and oxygen atoms in total. The van der Waals surface area contributed by atoms with E-state index in [1.165, 1.54) is 11.5 Å². The van der Waals surface area contributed by atoms with Crippen molar-refractivity contribution >= 4 is 17.7 Å². The number of nitrogens with zero attached hydrogens (tertiary/aromatic N) is 1. The average molecular weight is 216 g/mol. The largest absolute Gasteiger partial charge is 0.339 e. The Balaban J connectivity index is 2.55. The van der Waals surface area contributed by atoms with Crippen molar-refractivity contribution in [1.29, 1.82) is 0 Å². The second-order valence-electron chi connectivity index (χ2n) is 3.76. The average Bonchev–Trinajstić information content (AvgIpc) is 2.20. The fraction of sp³-hybridized carbons (Fsp3) is 0.900. The van der Waals surface area contributed by atoms with E-state index in [0.717, 1.165) is 19.4 Å². The monoisotopic (exact) mass is 216 g/mol. The summed E-state index contributed by atoms with van der Waals surface area (Å²) in [7, 11) is 0. The molecule has 1 saturated heterocycles. The summed E-state index contributed by atoms with van der Waals surface area (Å²) < 4.78 is 0. The molecule has 0 saturated carbocycles. The van der Waals surface area contributed by atoms with Gasteiger partial charge < -0.3 is 10.6 Å². The molecule has 1 aliphatic rings. The van der Waals surface area contributed by atoms with Crippen LogP contribution in [0.2, 0.25) is 0 Å². The summed E-state index contributed by atoms with van der Waals surface area (Å²) >= 11 is 1.98. The number of rotatable bonds is 3. The molecular formula is C10H20N2OS. The standard InChI is InChI=1S/C10H20N2OS/c1-3-12(10(13)8(2)11)9-4-6-14-7-5-9/h8-9H,3-7,11H2,1-2H3. The zero-order valence-electron chi connectivity index (χ0n) is 9.03. The minimum atomic E-state index is -0.357. The molecule has 82 valence electrons. The van der Waals surface area contributed by atoms with Crippen LogP contribution < -0.4 is 5.73 Å². The molecule has 14 heavy (non-hydrogen) atoms. The van der Waals surface area contributed by atoms with Crippen molar-refractivity contribution in [3.05, 3.63) is 0 Å². The van der Waals surface area contributed by atoms with Crippen molar-refractivity contribution < 1.29 is 4.79 Å². The SMILES string of the molecule is CCN(C(=O)C(C)N)C1CCSCC1. The summed E-state index contributed by atoms with van der Waals surface area (Å²) in [5.41, 5.74) is 5.62. The maximum Gasteiger partial charge on any atom is 0.239 e. The highest BCUT2D eigenvalue weighted by atomic mass is 32.2. The Morgan fingerprint density at radius 3 is 2.57 bits per heavy atom. The van der Waals surface area contributed by atoms with Crippen LogP contribution in [-0.2, 0) is 4.79 Å². The minimum Gasteiger partial charge on any atom is -0.339 e. The van der Waals surface area contributed by atoms with Crippen LogP contribution in [-0.4, -0.2) is 40.9 Å². The van der Waals surface area contributed by atoms with Gasteiger partial charge in [-0.3, -0.25) is 4.79 Å². The van der Waals surface area contributed by atoms with E-state index in [2.05, 4.69) is 0 Å². The minimum absolute atomic E-state index is 0.101. The molecule has 0 bridgehead atoms. The van der Waals surface area contributed by atoms with Crippen LogP contribution in [0, 0.1) is 0 Å². The number of carbonyl (C=O) groups is 1. The van der Waals surface area contributed by atoms with Gasteiger partial charge in [0.05, 0.1) is 6.04 Å². The van der Waals surface area contributed by atoms with Crippen LogP contribution in [0.25, 0.3) is 0 Å². The summed E-state index contributed by atoms with van der Waals surface area (Å²) in [6.45, 7) is 4.58. The first-order valence-electron chi connectivity index (χ1n) is 5.30. The van der Waals surface area contributed by atoms with E-state index in [0.29, 0.717) is 6.04 Å². The molecule has 2 N–H and O–H groups in total. The van der Waals surface area contributed by atoms with Gasteiger partial charge in [0, 0.05) is 12.6 Å². The number of thioether (sulfide) groups is 1. The van der Waals surface area contributed by atoms with Gasteiger partial charge in [0.1, 0.15) is 0 Å². The number of hydrogen-bond acceptors (Lipinski definition) is 3. The number of nitrogens with two attached hydrogens (primary N) is 1. The Hall–Kier alpha value is -0.220. The normalized spacial score (nSPS) is 20.5. The molecule has 1 heterocycles. The third-order valence-electron chi connectivity index (χ3n) is 2.64. The van der Waals surface area contributed by atoms with Crippen molar-refractivity contribution in [3.8, 4) is 0 Å². The van der Waals surface area contributed by atoms with E-state index in [9.17, 15) is 4.79 Å². The van der Waals surface area contributed by atoms with Crippen molar-refractivity contribution in [2.75, 3.05) is 18.1 Å². The van der Waals surface area contributed by atoms with E-state index in [4.69, 9.17) is 5.73 Å². The number of hydrogen-bond donors (Lipinski definition) is 1. The molecule has 1 fully saturated rings. The smallest absolute Gasteiger partial charge is 0.239 e. The lowest BCUT2D eigenvalue weighted by molar-refractivity contribution is -0.134. The molecule has 1 aliphatic heterocycles. The van der Waals surface area contributed by atoms with Gasteiger partial charge in [-0.05, 0) is 38.2 Å². The highest BCUT2D eigenvalue weighted by Crippen LogP contribution is 2.21. The first-order chi connectivity index (χ1) is 6.66. The first-order valence-corrected chi connectivity index (χ1v) is 6.46. The fourth-order valence-electron chi connectivity index (χ4n) is 1.85. The lowest BCUT2D eigenvalue weighted by Gasteiger charge is -2.34. The zero-order valence-corrected chi connectivity index (χ0v) is 9.85. The summed E-state index contributed by atoms with van der Waals surface area (Å²) in [6.07, 6.45) is 2.24. The van der Waals surface area contributed by atoms with Gasteiger partial charge in [-0.25, -0.2) is 0 Å². The predicted molar refractivity (Wildman–Crippen MR) is 61.4 cm³/mol. The molecule has 0 aromatic carbocycles. The summed E-state index contributed by atoms with van der Waals surface area (Å²) in [5, 5.41) is 0. The Labute approximate surface area is 90.4 Å². The highest BCUT2D eigenvalue weighted by Gasteiger charge is 2.25. The van der Waals surface area contributed by atoms with Gasteiger partial charge >= 0.3 is 0 Å². The molecule has 0 aliphatic carbocycles. The van der Waals surface area contributed by atoms with E-state index >= 15 is 0 Å². The van der Waals surface area contributed by atoms with Gasteiger partial charge in [0.15, 0.2) is 0 Å². The lowest BCUT2D eigenvalue weighted by atomic mass is 10.1. The van der Waals surface area contributed by atoms with Gasteiger partial charge in [0.25, 0.3) is 0 Å². The number of likely N-dealkylation sites (N-methyl/N-ethyl adjacent to an activating group) is 1. The Bertz CT molecular complexity index is 191. The summed E-state index contributed by atoms with van der Waals surface area (Å²) in [4.78, 5) is 13.7. The van der Waals surface area contributed by atoms with Gasteiger partial charge in [-0.1, -0.05) is 0 Å². The molecule has 0 aromatic rings. The van der Waals surface area contributed by atoms with Crippen LogP contribution in [0.4, 0.5) is 0 Å². The van der Waals surface area contributed by atoms with Crippen molar-refractivity contribution in [2.24, 2.45) is 5.73 Å².